The number of nitrogens with one attached hydrogen (secondary N) is 2. The van der Waals surface area contributed by atoms with E-state index in [1.165, 1.54) is 5.56 Å². The number of fused-ring (bicyclic) bond motifs is 6. The Morgan fingerprint density at radius 3 is 2.97 bits per heavy atom. The number of hydrogen-bond donors (Lipinski definition) is 2. The molecule has 6 heteroatoms. The standard InChI is InChI=1S/C25H29N5O/c1-18-10-11-20-16-25(18,2)29-23(31)9-4-5-14-30(3)17-19-7-6-8-21(15-19)27-24-26-13-12-22(20)28-24/h4-8,10-13,15-16,18H,9,14,17H2,1-3H3,(H,29,31)(H,26,27,28)/b5-4+. The van der Waals surface area contributed by atoms with Gasteiger partial charge in [0.1, 0.15) is 0 Å². The van der Waals surface area contributed by atoms with Crippen LogP contribution in [-0.4, -0.2) is 39.9 Å². The van der Waals surface area contributed by atoms with Gasteiger partial charge in [-0.2, -0.15) is 0 Å². The zero-order chi connectivity index (χ0) is 21.8. The molecular weight excluding hydrogens is 386 g/mol. The Morgan fingerprint density at radius 2 is 2.10 bits per heavy atom. The normalized spacial score (nSPS) is 25.5. The molecule has 0 radical (unpaired) electrons. The number of rotatable bonds is 0. The van der Waals surface area contributed by atoms with Crippen molar-refractivity contribution in [1.82, 2.24) is 20.2 Å². The predicted molar refractivity (Wildman–Crippen MR) is 125 cm³/mol. The lowest BCUT2D eigenvalue weighted by Gasteiger charge is -2.35. The van der Waals surface area contributed by atoms with Gasteiger partial charge in [-0.1, -0.05) is 43.4 Å². The molecule has 2 aromatic rings. The Morgan fingerprint density at radius 1 is 1.23 bits per heavy atom. The van der Waals surface area contributed by atoms with Gasteiger partial charge in [-0.15, -0.1) is 0 Å². The van der Waals surface area contributed by atoms with Gasteiger partial charge < -0.3 is 10.6 Å². The molecule has 2 N–H and O–H groups in total. The monoisotopic (exact) mass is 415 g/mol. The van der Waals surface area contributed by atoms with Crippen LogP contribution in [0, 0.1) is 5.92 Å². The largest absolute Gasteiger partial charge is 0.347 e. The van der Waals surface area contributed by atoms with Crippen LogP contribution in [0.4, 0.5) is 11.6 Å². The third-order valence-electron chi connectivity index (χ3n) is 5.85. The van der Waals surface area contributed by atoms with Crippen LogP contribution in [0.3, 0.4) is 0 Å². The van der Waals surface area contributed by atoms with Crippen molar-refractivity contribution in [3.05, 3.63) is 78.2 Å². The number of likely N-dealkylation sites (N-methyl/N-ethyl adjacent to an activating group) is 1. The molecule has 2 heterocycles. The maximum Gasteiger partial charge on any atom is 0.227 e. The average molecular weight is 416 g/mol. The first-order valence-electron chi connectivity index (χ1n) is 10.7. The fourth-order valence-electron chi connectivity index (χ4n) is 3.89. The van der Waals surface area contributed by atoms with Crippen molar-refractivity contribution in [2.75, 3.05) is 18.9 Å². The van der Waals surface area contributed by atoms with Crippen molar-refractivity contribution in [2.24, 2.45) is 5.92 Å². The van der Waals surface area contributed by atoms with E-state index in [0.29, 0.717) is 12.4 Å². The van der Waals surface area contributed by atoms with E-state index in [0.717, 1.165) is 30.0 Å². The molecule has 4 rings (SSSR count). The summed E-state index contributed by atoms with van der Waals surface area (Å²) in [5.74, 6) is 0.729. The lowest BCUT2D eigenvalue weighted by molar-refractivity contribution is -0.121. The maximum atomic E-state index is 12.6. The summed E-state index contributed by atoms with van der Waals surface area (Å²) in [6, 6.07) is 10.2. The SMILES string of the molecule is CC1C=CC2=CC1(C)NC(=O)C/C=C/CN(C)Cc1cccc(c1)Nc1nccc2n1. The molecule has 2 atom stereocenters. The molecule has 1 aliphatic heterocycles. The number of nitrogens with zero attached hydrogens (tertiary/aromatic N) is 3. The van der Waals surface area contributed by atoms with E-state index >= 15 is 0 Å². The molecule has 2 unspecified atom stereocenters. The van der Waals surface area contributed by atoms with Crippen molar-refractivity contribution in [2.45, 2.75) is 32.4 Å². The zero-order valence-corrected chi connectivity index (χ0v) is 18.3. The molecule has 0 saturated heterocycles. The van der Waals surface area contributed by atoms with Gasteiger partial charge in [0, 0.05) is 37.3 Å². The summed E-state index contributed by atoms with van der Waals surface area (Å²) >= 11 is 0. The van der Waals surface area contributed by atoms with Crippen LogP contribution in [0.2, 0.25) is 0 Å². The number of carbonyl (C=O) groups excluding carboxylic acids is 1. The van der Waals surface area contributed by atoms with Crippen LogP contribution in [0.15, 0.2) is 66.9 Å². The van der Waals surface area contributed by atoms with Crippen LogP contribution in [0.1, 0.15) is 31.5 Å². The van der Waals surface area contributed by atoms with Crippen LogP contribution in [0.5, 0.6) is 0 Å². The molecule has 1 aliphatic carbocycles. The first-order valence-corrected chi connectivity index (χ1v) is 10.7. The summed E-state index contributed by atoms with van der Waals surface area (Å²) in [5.41, 5.74) is 3.46. The Balaban J connectivity index is 1.72. The Kier molecular flexibility index (Phi) is 6.00. The van der Waals surface area contributed by atoms with E-state index < -0.39 is 5.54 Å². The van der Waals surface area contributed by atoms with Gasteiger partial charge in [0.15, 0.2) is 0 Å². The highest BCUT2D eigenvalue weighted by Gasteiger charge is 2.32. The highest BCUT2D eigenvalue weighted by molar-refractivity contribution is 5.81. The van der Waals surface area contributed by atoms with Gasteiger partial charge in [0.05, 0.1) is 11.2 Å². The molecule has 1 amide bonds. The molecule has 6 bridgehead atoms. The fourth-order valence-corrected chi connectivity index (χ4v) is 3.89. The number of anilines is 2. The van der Waals surface area contributed by atoms with Crippen LogP contribution < -0.4 is 10.6 Å². The third kappa shape index (κ3) is 5.09. The molecule has 0 saturated carbocycles. The molecule has 0 fully saturated rings. The minimum atomic E-state index is -0.482. The molecular formula is C25H29N5O. The summed E-state index contributed by atoms with van der Waals surface area (Å²) in [4.78, 5) is 24.0. The van der Waals surface area contributed by atoms with Crippen molar-refractivity contribution in [1.29, 1.82) is 0 Å². The van der Waals surface area contributed by atoms with E-state index in [-0.39, 0.29) is 11.8 Å². The van der Waals surface area contributed by atoms with Crippen molar-refractivity contribution in [3.8, 4) is 0 Å². The molecule has 0 spiro atoms. The van der Waals surface area contributed by atoms with Crippen LogP contribution in [0.25, 0.3) is 5.57 Å². The lowest BCUT2D eigenvalue weighted by atomic mass is 9.80. The van der Waals surface area contributed by atoms with E-state index in [1.807, 2.05) is 24.3 Å². The molecule has 1 aromatic carbocycles. The smallest absolute Gasteiger partial charge is 0.227 e. The van der Waals surface area contributed by atoms with Crippen molar-refractivity contribution >= 4 is 23.1 Å². The zero-order valence-electron chi connectivity index (χ0n) is 18.3. The number of benzene rings is 1. The maximum absolute atomic E-state index is 12.6. The quantitative estimate of drug-likeness (QED) is 0.635. The topological polar surface area (TPSA) is 70.2 Å². The van der Waals surface area contributed by atoms with Gasteiger partial charge in [-0.05, 0) is 49.4 Å². The first-order chi connectivity index (χ1) is 14.9. The van der Waals surface area contributed by atoms with Gasteiger partial charge >= 0.3 is 0 Å². The van der Waals surface area contributed by atoms with Crippen molar-refractivity contribution < 1.29 is 4.79 Å². The second-order valence-electron chi connectivity index (χ2n) is 8.54. The molecule has 31 heavy (non-hydrogen) atoms. The minimum Gasteiger partial charge on any atom is -0.347 e. The van der Waals surface area contributed by atoms with E-state index in [9.17, 15) is 4.79 Å². The number of aromatic nitrogens is 2. The van der Waals surface area contributed by atoms with E-state index in [4.69, 9.17) is 4.98 Å². The third-order valence-corrected chi connectivity index (χ3v) is 5.85. The van der Waals surface area contributed by atoms with E-state index in [1.54, 1.807) is 6.20 Å². The lowest BCUT2D eigenvalue weighted by Crippen LogP contribution is -2.49. The summed E-state index contributed by atoms with van der Waals surface area (Å²) in [6.07, 6.45) is 12.4. The second kappa shape index (κ2) is 8.86. The summed E-state index contributed by atoms with van der Waals surface area (Å²) < 4.78 is 0. The molecule has 2 aliphatic rings. The average Bonchev–Trinajstić information content (AvgIpc) is 2.73. The second-order valence-corrected chi connectivity index (χ2v) is 8.54. The molecule has 1 aromatic heterocycles. The van der Waals surface area contributed by atoms with Gasteiger partial charge in [0.2, 0.25) is 11.9 Å². The number of hydrogen-bond acceptors (Lipinski definition) is 5. The van der Waals surface area contributed by atoms with Crippen molar-refractivity contribution in [3.63, 3.8) is 0 Å². The fraction of sp³-hybridized carbons (Fsp3) is 0.320. The number of allylic oxidation sites excluding steroid dienone is 2. The highest BCUT2D eigenvalue weighted by Crippen LogP contribution is 2.31. The van der Waals surface area contributed by atoms with Gasteiger partial charge in [-0.25, -0.2) is 9.97 Å². The Labute approximate surface area is 183 Å². The number of amides is 1. The Hall–Kier alpha value is -3.25. The summed E-state index contributed by atoms with van der Waals surface area (Å²) in [5, 5.41) is 6.54. The van der Waals surface area contributed by atoms with Crippen LogP contribution >= 0.6 is 0 Å². The molecule has 160 valence electrons. The van der Waals surface area contributed by atoms with Gasteiger partial charge in [0.25, 0.3) is 0 Å². The summed E-state index contributed by atoms with van der Waals surface area (Å²) in [6.45, 7) is 5.75. The van der Waals surface area contributed by atoms with Crippen LogP contribution in [-0.2, 0) is 11.3 Å². The van der Waals surface area contributed by atoms with Gasteiger partial charge in [-0.3, -0.25) is 9.69 Å². The highest BCUT2D eigenvalue weighted by atomic mass is 16.1. The first kappa shape index (κ1) is 21.0. The molecule has 6 nitrogen and oxygen atoms in total. The predicted octanol–water partition coefficient (Wildman–Crippen LogP) is 4.08. The Bertz CT molecular complexity index is 1060. The summed E-state index contributed by atoms with van der Waals surface area (Å²) in [7, 11) is 2.07. The van der Waals surface area contributed by atoms with E-state index in [2.05, 4.69) is 77.8 Å². The number of carbonyl (C=O) groups is 1. The minimum absolute atomic E-state index is 0.0120.